The summed E-state index contributed by atoms with van der Waals surface area (Å²) >= 11 is 7.19. The van der Waals surface area contributed by atoms with E-state index in [9.17, 15) is 9.90 Å². The fourth-order valence-corrected chi connectivity index (χ4v) is 6.12. The van der Waals surface area contributed by atoms with Crippen molar-refractivity contribution in [3.63, 3.8) is 0 Å². The van der Waals surface area contributed by atoms with Gasteiger partial charge in [0.1, 0.15) is 17.1 Å². The number of hydrogen-bond donors (Lipinski definition) is 1. The van der Waals surface area contributed by atoms with Crippen molar-refractivity contribution in [2.24, 2.45) is 0 Å². The number of carboxylic acid groups (broad SMARTS) is 1. The normalized spacial score (nSPS) is 12.0. The number of fused-ring (bicyclic) bond motifs is 1. The molecule has 0 radical (unpaired) electrons. The summed E-state index contributed by atoms with van der Waals surface area (Å²) in [7, 11) is 0. The van der Waals surface area contributed by atoms with Gasteiger partial charge in [-0.3, -0.25) is 0 Å². The molecule has 0 saturated heterocycles. The number of hydrogen-bond acceptors (Lipinski definition) is 3. The van der Waals surface area contributed by atoms with Crippen LogP contribution in [0.15, 0.2) is 104 Å². The van der Waals surface area contributed by atoms with Crippen molar-refractivity contribution in [2.75, 3.05) is 0 Å². The average molecular weight is 648 g/mol. The highest BCUT2D eigenvalue weighted by Crippen LogP contribution is 2.40. The lowest BCUT2D eigenvalue weighted by Gasteiger charge is -2.18. The number of rotatable bonds is 10. The van der Waals surface area contributed by atoms with Gasteiger partial charge in [0.2, 0.25) is 0 Å². The van der Waals surface area contributed by atoms with Crippen LogP contribution in [0.3, 0.4) is 0 Å². The fraction of sp³-hybridized carbons (Fsp3) is 0.182. The van der Waals surface area contributed by atoms with E-state index in [1.165, 1.54) is 5.56 Å². The molecule has 0 aliphatic rings. The zero-order chi connectivity index (χ0) is 27.4. The molecule has 1 unspecified atom stereocenters. The van der Waals surface area contributed by atoms with E-state index >= 15 is 0 Å². The molecule has 0 aliphatic heterocycles. The number of furan rings is 1. The lowest BCUT2D eigenvalue weighted by Crippen LogP contribution is -2.27. The summed E-state index contributed by atoms with van der Waals surface area (Å²) < 4.78 is 13.6. The van der Waals surface area contributed by atoms with Crippen LogP contribution in [-0.2, 0) is 11.2 Å². The van der Waals surface area contributed by atoms with Gasteiger partial charge in [0.15, 0.2) is 6.10 Å². The Labute approximate surface area is 244 Å². The number of aliphatic carboxylic acids is 1. The molecule has 5 rings (SSSR count). The van der Waals surface area contributed by atoms with Gasteiger partial charge in [0.25, 0.3) is 0 Å². The first-order valence-electron chi connectivity index (χ1n) is 13.0. The highest BCUT2D eigenvalue weighted by Gasteiger charge is 2.22. The Morgan fingerprint density at radius 2 is 1.51 bits per heavy atom. The van der Waals surface area contributed by atoms with E-state index in [1.54, 1.807) is 0 Å². The number of ether oxygens (including phenoxy) is 1. The van der Waals surface area contributed by atoms with Crippen molar-refractivity contribution in [2.45, 2.75) is 38.7 Å². The van der Waals surface area contributed by atoms with E-state index in [0.29, 0.717) is 27.5 Å². The van der Waals surface area contributed by atoms with E-state index in [0.717, 1.165) is 51.8 Å². The maximum Gasteiger partial charge on any atom is 0.344 e. The van der Waals surface area contributed by atoms with Gasteiger partial charge in [-0.2, -0.15) is 0 Å². The van der Waals surface area contributed by atoms with E-state index in [1.807, 2.05) is 55.5 Å². The third-order valence-electron chi connectivity index (χ3n) is 6.74. The van der Waals surface area contributed by atoms with Gasteiger partial charge in [-0.15, -0.1) is 0 Å². The Hall–Kier alpha value is -3.35. The maximum absolute atomic E-state index is 11.7. The van der Waals surface area contributed by atoms with Crippen molar-refractivity contribution in [1.82, 2.24) is 0 Å². The molecule has 0 fully saturated rings. The molecule has 0 spiro atoms. The molecule has 39 heavy (non-hydrogen) atoms. The van der Waals surface area contributed by atoms with Gasteiger partial charge in [-0.1, -0.05) is 86.1 Å². The second-order valence-corrected chi connectivity index (χ2v) is 11.2. The van der Waals surface area contributed by atoms with E-state index in [-0.39, 0.29) is 0 Å². The van der Waals surface area contributed by atoms with Crippen molar-refractivity contribution < 1.29 is 19.1 Å². The molecule has 1 N–H and O–H groups in total. The SMILES string of the molecule is CCCCC(Oc1c(Br)cc(-c2ccc(-c3c(Cc4ccccc4)oc4ccccc34)cc2)cc1Br)C(=O)O. The number of para-hydroxylation sites is 1. The molecule has 4 aromatic carbocycles. The van der Waals surface area contributed by atoms with Gasteiger partial charge in [0.05, 0.1) is 8.95 Å². The number of unbranched alkanes of at least 4 members (excludes halogenated alkanes) is 1. The van der Waals surface area contributed by atoms with Crippen molar-refractivity contribution in [3.05, 3.63) is 111 Å². The summed E-state index contributed by atoms with van der Waals surface area (Å²) in [5, 5.41) is 10.7. The third kappa shape index (κ3) is 6.13. The summed E-state index contributed by atoms with van der Waals surface area (Å²) in [4.78, 5) is 11.7. The molecule has 1 atom stereocenters. The topological polar surface area (TPSA) is 59.7 Å². The number of carboxylic acids is 1. The van der Waals surface area contributed by atoms with Crippen LogP contribution in [0.2, 0.25) is 0 Å². The predicted octanol–water partition coefficient (Wildman–Crippen LogP) is 9.90. The minimum absolute atomic E-state index is 0.461. The van der Waals surface area contributed by atoms with Crippen LogP contribution in [0, 0.1) is 0 Å². The van der Waals surface area contributed by atoms with Crippen LogP contribution in [0.5, 0.6) is 5.75 Å². The van der Waals surface area contributed by atoms with Crippen molar-refractivity contribution in [1.29, 1.82) is 0 Å². The molecule has 1 heterocycles. The predicted molar refractivity (Wildman–Crippen MR) is 163 cm³/mol. The maximum atomic E-state index is 11.7. The lowest BCUT2D eigenvalue weighted by atomic mass is 9.96. The van der Waals surface area contributed by atoms with Crippen molar-refractivity contribution >= 4 is 48.8 Å². The van der Waals surface area contributed by atoms with Crippen LogP contribution >= 0.6 is 31.9 Å². The lowest BCUT2D eigenvalue weighted by molar-refractivity contribution is -0.145. The van der Waals surface area contributed by atoms with Crippen LogP contribution < -0.4 is 4.74 Å². The van der Waals surface area contributed by atoms with Crippen molar-refractivity contribution in [3.8, 4) is 28.0 Å². The number of halogens is 2. The molecular weight excluding hydrogens is 620 g/mol. The van der Waals surface area contributed by atoms with Crippen LogP contribution in [-0.4, -0.2) is 17.2 Å². The van der Waals surface area contributed by atoms with Crippen LogP contribution in [0.25, 0.3) is 33.2 Å². The Bertz CT molecular complexity index is 1570. The first-order valence-corrected chi connectivity index (χ1v) is 14.6. The second-order valence-electron chi connectivity index (χ2n) is 9.49. The molecule has 1 aromatic heterocycles. The quantitative estimate of drug-likeness (QED) is 0.164. The molecule has 0 amide bonds. The first kappa shape index (κ1) is 27.2. The van der Waals surface area contributed by atoms with Gasteiger partial charge >= 0.3 is 5.97 Å². The standard InChI is InChI=1S/C33H28Br2O4/c1-2-3-12-29(33(36)37)39-32-26(34)19-24(20-27(32)35)22-14-16-23(17-15-22)31-25-11-7-8-13-28(25)38-30(31)18-21-9-5-4-6-10-21/h4-11,13-17,19-20,29H,2-3,12,18H2,1H3,(H,36,37). The Balaban J connectivity index is 1.45. The molecule has 5 aromatic rings. The summed E-state index contributed by atoms with van der Waals surface area (Å²) in [5.41, 5.74) is 6.29. The number of benzene rings is 4. The van der Waals surface area contributed by atoms with Gasteiger partial charge in [-0.05, 0) is 85.2 Å². The Morgan fingerprint density at radius 1 is 0.872 bits per heavy atom. The highest BCUT2D eigenvalue weighted by atomic mass is 79.9. The smallest absolute Gasteiger partial charge is 0.344 e. The van der Waals surface area contributed by atoms with Gasteiger partial charge in [-0.25, -0.2) is 4.79 Å². The first-order chi connectivity index (χ1) is 18.9. The van der Waals surface area contributed by atoms with E-state index < -0.39 is 12.1 Å². The van der Waals surface area contributed by atoms with E-state index in [4.69, 9.17) is 9.15 Å². The zero-order valence-corrected chi connectivity index (χ0v) is 24.7. The Kier molecular flexibility index (Phi) is 8.53. The summed E-state index contributed by atoms with van der Waals surface area (Å²) in [6, 6.07) is 30.9. The summed E-state index contributed by atoms with van der Waals surface area (Å²) in [5.74, 6) is 0.479. The van der Waals surface area contributed by atoms with Gasteiger partial charge in [0, 0.05) is 17.4 Å². The average Bonchev–Trinajstić information content (AvgIpc) is 3.30. The molecule has 0 aliphatic carbocycles. The van der Waals surface area contributed by atoms with Crippen LogP contribution in [0.4, 0.5) is 0 Å². The minimum atomic E-state index is -0.958. The molecule has 0 bridgehead atoms. The molecule has 198 valence electrons. The highest BCUT2D eigenvalue weighted by molar-refractivity contribution is 9.11. The number of carbonyl (C=O) groups is 1. The molecule has 6 heteroatoms. The van der Waals surface area contributed by atoms with Crippen LogP contribution in [0.1, 0.15) is 37.5 Å². The minimum Gasteiger partial charge on any atom is -0.479 e. The molecule has 4 nitrogen and oxygen atoms in total. The fourth-order valence-electron chi connectivity index (χ4n) is 4.75. The Morgan fingerprint density at radius 3 is 2.18 bits per heavy atom. The molecule has 0 saturated carbocycles. The second kappa shape index (κ2) is 12.2. The van der Waals surface area contributed by atoms with E-state index in [2.05, 4.69) is 74.3 Å². The largest absolute Gasteiger partial charge is 0.479 e. The third-order valence-corrected chi connectivity index (χ3v) is 7.91. The molecular formula is C33H28Br2O4. The van der Waals surface area contributed by atoms with Gasteiger partial charge < -0.3 is 14.3 Å². The zero-order valence-electron chi connectivity index (χ0n) is 21.5. The summed E-state index contributed by atoms with van der Waals surface area (Å²) in [6.45, 7) is 2.03. The monoisotopic (exact) mass is 646 g/mol. The summed E-state index contributed by atoms with van der Waals surface area (Å²) in [6.07, 6.45) is 1.98.